The van der Waals surface area contributed by atoms with Crippen molar-refractivity contribution in [2.24, 2.45) is 5.73 Å². The maximum absolute atomic E-state index is 11.6. The molecule has 0 saturated carbocycles. The van der Waals surface area contributed by atoms with Crippen LogP contribution in [0.4, 0.5) is 0 Å². The quantitative estimate of drug-likeness (QED) is 0.797. The smallest absolute Gasteiger partial charge is 0.267 e. The largest absolute Gasteiger partial charge is 0.364 e. The second-order valence-electron chi connectivity index (χ2n) is 4.47. The number of piperazine rings is 1. The third-order valence-corrected chi connectivity index (χ3v) is 3.31. The predicted molar refractivity (Wildman–Crippen MR) is 71.3 cm³/mol. The highest BCUT2D eigenvalue weighted by Gasteiger charge is 2.19. The molecule has 5 heteroatoms. The molecule has 0 aliphatic carbocycles. The first-order valence-corrected chi connectivity index (χ1v) is 6.13. The Bertz CT molecular complexity index is 584. The van der Waals surface area contributed by atoms with Gasteiger partial charge in [-0.25, -0.2) is 0 Å². The van der Waals surface area contributed by atoms with Crippen LogP contribution in [0, 0.1) is 0 Å². The molecule has 1 fully saturated rings. The molecule has 2 aromatic rings. The van der Waals surface area contributed by atoms with Gasteiger partial charge in [-0.1, -0.05) is 18.2 Å². The van der Waals surface area contributed by atoms with Gasteiger partial charge in [0, 0.05) is 31.6 Å². The van der Waals surface area contributed by atoms with E-state index in [0.717, 1.165) is 37.1 Å². The summed E-state index contributed by atoms with van der Waals surface area (Å²) >= 11 is 0. The highest BCUT2D eigenvalue weighted by atomic mass is 16.1. The number of carbonyl (C=O) groups excluding carboxylic acids is 1. The van der Waals surface area contributed by atoms with Gasteiger partial charge in [0.1, 0.15) is 5.69 Å². The van der Waals surface area contributed by atoms with Crippen molar-refractivity contribution in [2.45, 2.75) is 0 Å². The van der Waals surface area contributed by atoms with E-state index in [4.69, 9.17) is 5.73 Å². The maximum atomic E-state index is 11.6. The SMILES string of the molecule is NC(=O)c1cc2ccccc2n1N1CCNCC1. The van der Waals surface area contributed by atoms with E-state index in [0.29, 0.717) is 5.69 Å². The van der Waals surface area contributed by atoms with Crippen LogP contribution in [0.1, 0.15) is 10.5 Å². The van der Waals surface area contributed by atoms with Gasteiger partial charge in [-0.05, 0) is 12.1 Å². The number of para-hydroxylation sites is 1. The molecule has 0 atom stereocenters. The summed E-state index contributed by atoms with van der Waals surface area (Å²) in [5.74, 6) is -0.385. The fourth-order valence-electron chi connectivity index (χ4n) is 2.47. The normalized spacial score (nSPS) is 16.1. The van der Waals surface area contributed by atoms with Crippen LogP contribution in [0.2, 0.25) is 0 Å². The van der Waals surface area contributed by atoms with Crippen molar-refractivity contribution in [3.63, 3.8) is 0 Å². The summed E-state index contributed by atoms with van der Waals surface area (Å²) in [7, 11) is 0. The predicted octanol–water partition coefficient (Wildman–Crippen LogP) is 0.281. The molecule has 0 bridgehead atoms. The Labute approximate surface area is 105 Å². The molecule has 3 N–H and O–H groups in total. The lowest BCUT2D eigenvalue weighted by Gasteiger charge is -2.32. The number of hydrogen-bond donors (Lipinski definition) is 2. The highest BCUT2D eigenvalue weighted by molar-refractivity contribution is 5.98. The number of nitrogens with zero attached hydrogens (tertiary/aromatic N) is 2. The van der Waals surface area contributed by atoms with Crippen LogP contribution in [-0.2, 0) is 0 Å². The molecular formula is C13H16N4O. The molecule has 2 heterocycles. The first-order valence-electron chi connectivity index (χ1n) is 6.13. The monoisotopic (exact) mass is 244 g/mol. The molecule has 5 nitrogen and oxygen atoms in total. The van der Waals surface area contributed by atoms with E-state index in [-0.39, 0.29) is 5.91 Å². The third-order valence-electron chi connectivity index (χ3n) is 3.31. The average molecular weight is 244 g/mol. The number of aromatic nitrogens is 1. The van der Waals surface area contributed by atoms with Crippen molar-refractivity contribution < 1.29 is 4.79 Å². The van der Waals surface area contributed by atoms with Gasteiger partial charge in [0.25, 0.3) is 5.91 Å². The summed E-state index contributed by atoms with van der Waals surface area (Å²) in [5, 5.41) is 6.51. The van der Waals surface area contributed by atoms with Crippen LogP contribution in [0.25, 0.3) is 10.9 Å². The molecule has 18 heavy (non-hydrogen) atoms. The van der Waals surface area contributed by atoms with E-state index < -0.39 is 0 Å². The molecule has 94 valence electrons. The lowest BCUT2D eigenvalue weighted by Crippen LogP contribution is -2.50. The molecule has 1 aromatic heterocycles. The summed E-state index contributed by atoms with van der Waals surface area (Å²) < 4.78 is 1.96. The third kappa shape index (κ3) is 1.73. The van der Waals surface area contributed by atoms with Crippen LogP contribution in [0.5, 0.6) is 0 Å². The van der Waals surface area contributed by atoms with Gasteiger partial charge in [0.15, 0.2) is 0 Å². The fourth-order valence-corrected chi connectivity index (χ4v) is 2.47. The number of benzene rings is 1. The van der Waals surface area contributed by atoms with Crippen molar-refractivity contribution in [3.8, 4) is 0 Å². The first-order chi connectivity index (χ1) is 8.77. The van der Waals surface area contributed by atoms with Gasteiger partial charge in [-0.2, -0.15) is 0 Å². The van der Waals surface area contributed by atoms with Crippen molar-refractivity contribution in [1.29, 1.82) is 0 Å². The minimum Gasteiger partial charge on any atom is -0.364 e. The van der Waals surface area contributed by atoms with Gasteiger partial charge in [0.05, 0.1) is 5.52 Å². The van der Waals surface area contributed by atoms with E-state index in [2.05, 4.69) is 10.3 Å². The van der Waals surface area contributed by atoms with E-state index in [1.807, 2.05) is 35.0 Å². The van der Waals surface area contributed by atoms with Crippen molar-refractivity contribution in [3.05, 3.63) is 36.0 Å². The van der Waals surface area contributed by atoms with Crippen molar-refractivity contribution in [1.82, 2.24) is 9.99 Å². The first kappa shape index (κ1) is 11.1. The minimum atomic E-state index is -0.385. The summed E-state index contributed by atoms with van der Waals surface area (Å²) in [6.45, 7) is 3.59. The molecule has 0 unspecified atom stereocenters. The zero-order valence-electron chi connectivity index (χ0n) is 10.1. The van der Waals surface area contributed by atoms with E-state index in [1.54, 1.807) is 0 Å². The fraction of sp³-hybridized carbons (Fsp3) is 0.308. The summed E-state index contributed by atoms with van der Waals surface area (Å²) in [6.07, 6.45) is 0. The molecule has 1 aliphatic heterocycles. The second kappa shape index (κ2) is 4.34. The number of hydrogen-bond acceptors (Lipinski definition) is 3. The van der Waals surface area contributed by atoms with Crippen LogP contribution in [0.15, 0.2) is 30.3 Å². The average Bonchev–Trinajstić information content (AvgIpc) is 2.79. The molecule has 1 amide bonds. The number of rotatable bonds is 2. The molecule has 0 radical (unpaired) electrons. The Balaban J connectivity index is 2.17. The Kier molecular flexibility index (Phi) is 2.68. The van der Waals surface area contributed by atoms with Crippen LogP contribution in [0.3, 0.4) is 0 Å². The maximum Gasteiger partial charge on any atom is 0.267 e. The van der Waals surface area contributed by atoms with Gasteiger partial charge in [-0.15, -0.1) is 0 Å². The highest BCUT2D eigenvalue weighted by Crippen LogP contribution is 2.20. The van der Waals surface area contributed by atoms with Gasteiger partial charge >= 0.3 is 0 Å². The number of primary amides is 1. The van der Waals surface area contributed by atoms with Gasteiger partial charge in [-0.3, -0.25) is 9.47 Å². The molecular weight excluding hydrogens is 228 g/mol. The zero-order chi connectivity index (χ0) is 12.5. The Morgan fingerprint density at radius 1 is 1.22 bits per heavy atom. The van der Waals surface area contributed by atoms with Gasteiger partial charge in [0.2, 0.25) is 0 Å². The molecule has 1 aromatic carbocycles. The summed E-state index contributed by atoms with van der Waals surface area (Å²) in [6, 6.07) is 9.82. The Hall–Kier alpha value is -2.01. The minimum absolute atomic E-state index is 0.385. The standard InChI is InChI=1S/C13H16N4O/c14-13(18)12-9-10-3-1-2-4-11(10)17(12)16-7-5-15-6-8-16/h1-4,9,15H,5-8H2,(H2,14,18). The summed E-state index contributed by atoms with van der Waals surface area (Å²) in [4.78, 5) is 11.6. The van der Waals surface area contributed by atoms with E-state index >= 15 is 0 Å². The van der Waals surface area contributed by atoms with Crippen molar-refractivity contribution in [2.75, 3.05) is 31.2 Å². The Morgan fingerprint density at radius 3 is 2.67 bits per heavy atom. The molecule has 1 saturated heterocycles. The van der Waals surface area contributed by atoms with E-state index in [1.165, 1.54) is 0 Å². The summed E-state index contributed by atoms with van der Waals surface area (Å²) in [5.41, 5.74) is 7.07. The number of nitrogens with one attached hydrogen (secondary N) is 1. The van der Waals surface area contributed by atoms with E-state index in [9.17, 15) is 4.79 Å². The van der Waals surface area contributed by atoms with Crippen molar-refractivity contribution >= 4 is 16.8 Å². The number of carbonyl (C=O) groups is 1. The number of nitrogens with two attached hydrogens (primary N) is 1. The van der Waals surface area contributed by atoms with Crippen LogP contribution >= 0.6 is 0 Å². The number of amides is 1. The van der Waals surface area contributed by atoms with Gasteiger partial charge < -0.3 is 16.1 Å². The molecule has 3 rings (SSSR count). The topological polar surface area (TPSA) is 63.3 Å². The zero-order valence-corrected chi connectivity index (χ0v) is 10.1. The lowest BCUT2D eigenvalue weighted by molar-refractivity contribution is 0.0991. The Morgan fingerprint density at radius 2 is 1.94 bits per heavy atom. The number of fused-ring (bicyclic) bond motifs is 1. The lowest BCUT2D eigenvalue weighted by atomic mass is 10.2. The second-order valence-corrected chi connectivity index (χ2v) is 4.47. The molecule has 0 spiro atoms. The molecule has 1 aliphatic rings. The van der Waals surface area contributed by atoms with Crippen LogP contribution in [-0.4, -0.2) is 36.8 Å². The van der Waals surface area contributed by atoms with Crippen LogP contribution < -0.4 is 16.1 Å².